The van der Waals surface area contributed by atoms with E-state index in [0.29, 0.717) is 45.6 Å². The van der Waals surface area contributed by atoms with Crippen molar-refractivity contribution in [1.29, 1.82) is 0 Å². The maximum absolute atomic E-state index is 12.1. The highest BCUT2D eigenvalue weighted by atomic mass is 16.2. The van der Waals surface area contributed by atoms with Crippen molar-refractivity contribution >= 4 is 17.7 Å². The van der Waals surface area contributed by atoms with Gasteiger partial charge in [0.1, 0.15) is 0 Å². The van der Waals surface area contributed by atoms with Gasteiger partial charge in [0, 0.05) is 46.1 Å². The van der Waals surface area contributed by atoms with Gasteiger partial charge in [-0.3, -0.25) is 14.4 Å². The topological polar surface area (TPSA) is 69.7 Å². The molecule has 0 radical (unpaired) electrons. The van der Waals surface area contributed by atoms with Gasteiger partial charge in [-0.05, 0) is 12.5 Å². The molecule has 1 aliphatic heterocycles. The quantitative estimate of drug-likeness (QED) is 0.865. The molecule has 3 amide bonds. The summed E-state index contributed by atoms with van der Waals surface area (Å²) >= 11 is 0. The normalized spacial score (nSPS) is 14.4. The maximum Gasteiger partial charge on any atom is 0.224 e. The van der Waals surface area contributed by atoms with Crippen LogP contribution in [-0.4, -0.2) is 60.2 Å². The molecule has 1 heterocycles. The van der Waals surface area contributed by atoms with Gasteiger partial charge >= 0.3 is 0 Å². The second-order valence-electron chi connectivity index (χ2n) is 6.15. The fourth-order valence-corrected chi connectivity index (χ4v) is 2.81. The van der Waals surface area contributed by atoms with Crippen LogP contribution in [0.25, 0.3) is 0 Å². The Bertz CT molecular complexity index is 607. The zero-order valence-corrected chi connectivity index (χ0v) is 14.4. The first-order valence-corrected chi connectivity index (χ1v) is 8.31. The number of aryl methyl sites for hydroxylation is 1. The Balaban J connectivity index is 1.67. The van der Waals surface area contributed by atoms with Crippen molar-refractivity contribution in [3.63, 3.8) is 0 Å². The van der Waals surface area contributed by atoms with Gasteiger partial charge < -0.3 is 15.1 Å². The molecular weight excluding hydrogens is 306 g/mol. The highest BCUT2D eigenvalue weighted by Crippen LogP contribution is 2.05. The Morgan fingerprint density at radius 1 is 1.08 bits per heavy atom. The lowest BCUT2D eigenvalue weighted by Gasteiger charge is -2.34. The van der Waals surface area contributed by atoms with Crippen molar-refractivity contribution in [2.75, 3.05) is 32.7 Å². The highest BCUT2D eigenvalue weighted by molar-refractivity contribution is 5.80. The third kappa shape index (κ3) is 5.37. The molecule has 1 fully saturated rings. The van der Waals surface area contributed by atoms with Crippen molar-refractivity contribution in [1.82, 2.24) is 15.1 Å². The molecule has 0 unspecified atom stereocenters. The third-order valence-corrected chi connectivity index (χ3v) is 4.19. The Labute approximate surface area is 142 Å². The molecule has 0 saturated carbocycles. The van der Waals surface area contributed by atoms with Crippen molar-refractivity contribution in [3.8, 4) is 0 Å². The lowest BCUT2D eigenvalue weighted by atomic mass is 10.1. The van der Waals surface area contributed by atoms with Crippen molar-refractivity contribution < 1.29 is 14.4 Å². The molecule has 6 nitrogen and oxygen atoms in total. The summed E-state index contributed by atoms with van der Waals surface area (Å²) in [7, 11) is 0. The number of hydrogen-bond acceptors (Lipinski definition) is 3. The van der Waals surface area contributed by atoms with Crippen LogP contribution in [0.4, 0.5) is 0 Å². The van der Waals surface area contributed by atoms with E-state index < -0.39 is 0 Å². The smallest absolute Gasteiger partial charge is 0.224 e. The van der Waals surface area contributed by atoms with Crippen molar-refractivity contribution in [2.45, 2.75) is 26.7 Å². The second-order valence-corrected chi connectivity index (χ2v) is 6.15. The molecule has 0 atom stereocenters. The average molecular weight is 331 g/mol. The fourth-order valence-electron chi connectivity index (χ4n) is 2.81. The minimum atomic E-state index is -0.0743. The molecular formula is C18H25N3O3. The summed E-state index contributed by atoms with van der Waals surface area (Å²) in [5.74, 6) is -0.00522. The summed E-state index contributed by atoms with van der Waals surface area (Å²) in [6, 6.07) is 7.83. The Morgan fingerprint density at radius 2 is 1.75 bits per heavy atom. The first-order valence-electron chi connectivity index (χ1n) is 8.31. The highest BCUT2D eigenvalue weighted by Gasteiger charge is 2.21. The van der Waals surface area contributed by atoms with Gasteiger partial charge in [-0.2, -0.15) is 0 Å². The molecule has 24 heavy (non-hydrogen) atoms. The molecule has 1 N–H and O–H groups in total. The molecule has 0 aromatic heterocycles. The molecule has 0 spiro atoms. The molecule has 1 aromatic carbocycles. The van der Waals surface area contributed by atoms with Gasteiger partial charge in [0.2, 0.25) is 17.7 Å². The van der Waals surface area contributed by atoms with Crippen LogP contribution in [0.3, 0.4) is 0 Å². The molecule has 1 saturated heterocycles. The van der Waals surface area contributed by atoms with E-state index >= 15 is 0 Å². The van der Waals surface area contributed by atoms with E-state index in [9.17, 15) is 14.4 Å². The monoisotopic (exact) mass is 331 g/mol. The SMILES string of the molecule is CC(=O)N1CCN(C(=O)CCNC(=O)Cc2cccc(C)c2)CC1. The van der Waals surface area contributed by atoms with Crippen LogP contribution in [0.2, 0.25) is 0 Å². The lowest BCUT2D eigenvalue weighted by Crippen LogP contribution is -2.50. The number of benzene rings is 1. The van der Waals surface area contributed by atoms with Crippen LogP contribution in [0.5, 0.6) is 0 Å². The Morgan fingerprint density at radius 3 is 2.38 bits per heavy atom. The Hall–Kier alpha value is -2.37. The minimum Gasteiger partial charge on any atom is -0.355 e. The average Bonchev–Trinajstić information content (AvgIpc) is 2.54. The summed E-state index contributed by atoms with van der Waals surface area (Å²) in [6.07, 6.45) is 0.618. The van der Waals surface area contributed by atoms with Crippen molar-refractivity contribution in [2.24, 2.45) is 0 Å². The summed E-state index contributed by atoms with van der Waals surface area (Å²) < 4.78 is 0. The number of amides is 3. The summed E-state index contributed by atoms with van der Waals surface area (Å²) in [5, 5.41) is 2.80. The van der Waals surface area contributed by atoms with E-state index in [-0.39, 0.29) is 17.7 Å². The van der Waals surface area contributed by atoms with Crippen LogP contribution in [0.1, 0.15) is 24.5 Å². The first-order chi connectivity index (χ1) is 11.5. The first kappa shape index (κ1) is 18.0. The van der Waals surface area contributed by atoms with Gasteiger partial charge in [-0.1, -0.05) is 29.8 Å². The zero-order valence-electron chi connectivity index (χ0n) is 14.4. The number of rotatable bonds is 5. The van der Waals surface area contributed by atoms with Gasteiger partial charge in [0.25, 0.3) is 0 Å². The maximum atomic E-state index is 12.1. The van der Waals surface area contributed by atoms with E-state index in [1.807, 2.05) is 31.2 Å². The number of nitrogens with zero attached hydrogens (tertiary/aromatic N) is 2. The summed E-state index contributed by atoms with van der Waals surface area (Å²) in [4.78, 5) is 38.8. The number of carbonyl (C=O) groups excluding carboxylic acids is 3. The molecule has 0 bridgehead atoms. The lowest BCUT2D eigenvalue weighted by molar-refractivity contribution is -0.138. The van der Waals surface area contributed by atoms with Crippen molar-refractivity contribution in [3.05, 3.63) is 35.4 Å². The predicted molar refractivity (Wildman–Crippen MR) is 91.3 cm³/mol. The van der Waals surface area contributed by atoms with E-state index in [1.54, 1.807) is 16.7 Å². The number of hydrogen-bond donors (Lipinski definition) is 1. The Kier molecular flexibility index (Phi) is 6.35. The van der Waals surface area contributed by atoms with E-state index in [0.717, 1.165) is 11.1 Å². The van der Waals surface area contributed by atoms with Crippen LogP contribution < -0.4 is 5.32 Å². The fraction of sp³-hybridized carbons (Fsp3) is 0.500. The second kappa shape index (κ2) is 8.47. The summed E-state index contributed by atoms with van der Waals surface area (Å²) in [6.45, 7) is 6.18. The van der Waals surface area contributed by atoms with Gasteiger partial charge in [-0.15, -0.1) is 0 Å². The number of carbonyl (C=O) groups is 3. The van der Waals surface area contributed by atoms with E-state index in [1.165, 1.54) is 0 Å². The van der Waals surface area contributed by atoms with Crippen LogP contribution in [0.15, 0.2) is 24.3 Å². The van der Waals surface area contributed by atoms with Gasteiger partial charge in [0.05, 0.1) is 6.42 Å². The van der Waals surface area contributed by atoms with Crippen LogP contribution in [0, 0.1) is 6.92 Å². The molecule has 0 aliphatic carbocycles. The minimum absolute atomic E-state index is 0.0223. The molecule has 1 aromatic rings. The standard InChI is InChI=1S/C18H25N3O3/c1-14-4-3-5-16(12-14)13-17(23)19-7-6-18(24)21-10-8-20(9-11-21)15(2)22/h3-5,12H,6-11,13H2,1-2H3,(H,19,23). The third-order valence-electron chi connectivity index (χ3n) is 4.19. The largest absolute Gasteiger partial charge is 0.355 e. The summed E-state index contributed by atoms with van der Waals surface area (Å²) in [5.41, 5.74) is 2.10. The van der Waals surface area contributed by atoms with Crippen LogP contribution >= 0.6 is 0 Å². The number of piperazine rings is 1. The zero-order chi connectivity index (χ0) is 17.5. The molecule has 1 aliphatic rings. The van der Waals surface area contributed by atoms with Gasteiger partial charge in [0.15, 0.2) is 0 Å². The number of nitrogens with one attached hydrogen (secondary N) is 1. The van der Waals surface area contributed by atoms with Crippen LogP contribution in [-0.2, 0) is 20.8 Å². The van der Waals surface area contributed by atoms with E-state index in [2.05, 4.69) is 5.32 Å². The van der Waals surface area contributed by atoms with E-state index in [4.69, 9.17) is 0 Å². The molecule has 6 heteroatoms. The molecule has 130 valence electrons. The molecule has 2 rings (SSSR count). The van der Waals surface area contributed by atoms with Gasteiger partial charge in [-0.25, -0.2) is 0 Å². The predicted octanol–water partition coefficient (Wildman–Crippen LogP) is 0.735.